The molecule has 1 aliphatic heterocycles. The number of nitrogens with zero attached hydrogens (tertiary/aromatic N) is 4. The quantitative estimate of drug-likeness (QED) is 0.715. The summed E-state index contributed by atoms with van der Waals surface area (Å²) >= 11 is 6.01. The van der Waals surface area contributed by atoms with Crippen LogP contribution in [0.2, 0.25) is 5.02 Å². The van der Waals surface area contributed by atoms with Gasteiger partial charge >= 0.3 is 0 Å². The number of benzene rings is 1. The van der Waals surface area contributed by atoms with Gasteiger partial charge in [0.1, 0.15) is 16.9 Å². The topological polar surface area (TPSA) is 97.3 Å². The van der Waals surface area contributed by atoms with Gasteiger partial charge < -0.3 is 14.6 Å². The van der Waals surface area contributed by atoms with Crippen LogP contribution >= 0.6 is 11.6 Å². The second-order valence-corrected chi connectivity index (χ2v) is 7.28. The van der Waals surface area contributed by atoms with Gasteiger partial charge in [-0.3, -0.25) is 4.79 Å². The molecule has 0 radical (unpaired) electrons. The average Bonchev–Trinajstić information content (AvgIpc) is 3.25. The third kappa shape index (κ3) is 4.05. The van der Waals surface area contributed by atoms with Gasteiger partial charge in [-0.2, -0.15) is 4.98 Å². The molecule has 0 aliphatic carbocycles. The minimum atomic E-state index is -0.00593. The molecule has 1 saturated heterocycles. The van der Waals surface area contributed by atoms with Crippen molar-refractivity contribution in [1.82, 2.24) is 20.6 Å². The molecule has 1 N–H and O–H groups in total. The van der Waals surface area contributed by atoms with Crippen LogP contribution in [0, 0.1) is 12.8 Å². The Balaban J connectivity index is 1.35. The number of anilines is 1. The van der Waals surface area contributed by atoms with E-state index in [1.807, 2.05) is 6.07 Å². The van der Waals surface area contributed by atoms with E-state index in [2.05, 4.69) is 30.1 Å². The van der Waals surface area contributed by atoms with E-state index in [0.29, 0.717) is 41.0 Å². The molecule has 3 aromatic rings. The van der Waals surface area contributed by atoms with Crippen molar-refractivity contribution in [2.24, 2.45) is 5.92 Å². The number of hydrogen-bond acceptors (Lipinski definition) is 7. The molecule has 2 aromatic heterocycles. The molecule has 8 nitrogen and oxygen atoms in total. The Kier molecular flexibility index (Phi) is 4.98. The molecule has 1 amide bonds. The first-order valence-corrected chi connectivity index (χ1v) is 9.32. The highest BCUT2D eigenvalue weighted by atomic mass is 35.5. The standard InChI is InChI=1S/C18H20ClN5O3/c1-11-15(23-27-22-11)9-20-17(25)7-12-3-2-6-24(10-12)18-21-14-5-4-13(19)8-16(14)26-18/h4-5,8,12H,2-3,6-7,9-10H2,1H3,(H,20,25). The summed E-state index contributed by atoms with van der Waals surface area (Å²) in [7, 11) is 0. The Morgan fingerprint density at radius 1 is 1.41 bits per heavy atom. The van der Waals surface area contributed by atoms with Gasteiger partial charge in [-0.25, -0.2) is 4.63 Å². The van der Waals surface area contributed by atoms with Crippen LogP contribution in [-0.4, -0.2) is 34.3 Å². The number of halogens is 1. The van der Waals surface area contributed by atoms with Gasteiger partial charge in [0.15, 0.2) is 5.58 Å². The third-order valence-corrected chi connectivity index (χ3v) is 5.04. The number of fused-ring (bicyclic) bond motifs is 1. The average molecular weight is 390 g/mol. The van der Waals surface area contributed by atoms with E-state index in [1.165, 1.54) is 0 Å². The van der Waals surface area contributed by atoms with Crippen LogP contribution in [0.1, 0.15) is 30.7 Å². The fourth-order valence-electron chi connectivity index (χ4n) is 3.35. The zero-order valence-electron chi connectivity index (χ0n) is 14.9. The normalized spacial score (nSPS) is 17.4. The van der Waals surface area contributed by atoms with Gasteiger partial charge in [0.2, 0.25) is 5.91 Å². The highest BCUT2D eigenvalue weighted by Crippen LogP contribution is 2.28. The molecule has 1 fully saturated rings. The largest absolute Gasteiger partial charge is 0.423 e. The van der Waals surface area contributed by atoms with E-state index in [-0.39, 0.29) is 11.8 Å². The van der Waals surface area contributed by atoms with Crippen molar-refractivity contribution in [3.8, 4) is 0 Å². The first-order valence-electron chi connectivity index (χ1n) is 8.94. The number of piperidine rings is 1. The van der Waals surface area contributed by atoms with Gasteiger partial charge in [-0.1, -0.05) is 21.9 Å². The number of rotatable bonds is 5. The summed E-state index contributed by atoms with van der Waals surface area (Å²) in [6, 6.07) is 6.00. The molecule has 4 rings (SSSR count). The van der Waals surface area contributed by atoms with Gasteiger partial charge in [0.05, 0.1) is 6.54 Å². The van der Waals surface area contributed by atoms with Crippen LogP contribution in [0.4, 0.5) is 6.01 Å². The second-order valence-electron chi connectivity index (χ2n) is 6.84. The third-order valence-electron chi connectivity index (χ3n) is 4.80. The lowest BCUT2D eigenvalue weighted by molar-refractivity contribution is -0.122. The van der Waals surface area contributed by atoms with E-state index in [4.69, 9.17) is 16.0 Å². The Morgan fingerprint density at radius 2 is 2.30 bits per heavy atom. The second kappa shape index (κ2) is 7.56. The maximum atomic E-state index is 12.3. The molecular formula is C18H20ClN5O3. The van der Waals surface area contributed by atoms with Gasteiger partial charge in [-0.05, 0) is 37.8 Å². The number of aromatic nitrogens is 3. The Labute approximate surface area is 160 Å². The van der Waals surface area contributed by atoms with Crippen molar-refractivity contribution < 1.29 is 13.8 Å². The number of hydrogen-bond donors (Lipinski definition) is 1. The molecule has 3 heterocycles. The van der Waals surface area contributed by atoms with Crippen LogP contribution in [0.3, 0.4) is 0 Å². The number of oxazole rings is 1. The SMILES string of the molecule is Cc1nonc1CNC(=O)CC1CCCN(c2nc3ccc(Cl)cc3o2)C1. The zero-order chi connectivity index (χ0) is 18.8. The highest BCUT2D eigenvalue weighted by Gasteiger charge is 2.25. The molecule has 0 saturated carbocycles. The van der Waals surface area contributed by atoms with Crippen molar-refractivity contribution in [3.63, 3.8) is 0 Å². The summed E-state index contributed by atoms with van der Waals surface area (Å²) < 4.78 is 10.5. The lowest BCUT2D eigenvalue weighted by Gasteiger charge is -2.31. The summed E-state index contributed by atoms with van der Waals surface area (Å²) in [5.41, 5.74) is 2.80. The highest BCUT2D eigenvalue weighted by molar-refractivity contribution is 6.31. The van der Waals surface area contributed by atoms with Crippen molar-refractivity contribution in [1.29, 1.82) is 0 Å². The number of nitrogens with one attached hydrogen (secondary N) is 1. The number of amides is 1. The molecule has 9 heteroatoms. The Bertz CT molecular complexity index is 954. The van der Waals surface area contributed by atoms with E-state index in [1.54, 1.807) is 19.1 Å². The minimum absolute atomic E-state index is 0.00593. The number of carbonyl (C=O) groups is 1. The summed E-state index contributed by atoms with van der Waals surface area (Å²) in [4.78, 5) is 18.9. The van der Waals surface area contributed by atoms with Crippen LogP contribution in [0.25, 0.3) is 11.1 Å². The van der Waals surface area contributed by atoms with Crippen LogP contribution in [0.5, 0.6) is 0 Å². The Hall–Kier alpha value is -2.61. The molecule has 27 heavy (non-hydrogen) atoms. The molecule has 0 bridgehead atoms. The first-order chi connectivity index (χ1) is 13.1. The van der Waals surface area contributed by atoms with E-state index >= 15 is 0 Å². The first kappa shape index (κ1) is 17.8. The van der Waals surface area contributed by atoms with Crippen LogP contribution in [0.15, 0.2) is 27.2 Å². The smallest absolute Gasteiger partial charge is 0.298 e. The lowest BCUT2D eigenvalue weighted by atomic mass is 9.94. The molecule has 142 valence electrons. The van der Waals surface area contributed by atoms with Crippen molar-refractivity contribution in [2.45, 2.75) is 32.7 Å². The van der Waals surface area contributed by atoms with E-state index < -0.39 is 0 Å². The van der Waals surface area contributed by atoms with Gasteiger partial charge in [0.25, 0.3) is 6.01 Å². The lowest BCUT2D eigenvalue weighted by Crippen LogP contribution is -2.38. The molecule has 1 aromatic carbocycles. The Morgan fingerprint density at radius 3 is 3.11 bits per heavy atom. The molecular weight excluding hydrogens is 370 g/mol. The summed E-state index contributed by atoms with van der Waals surface area (Å²) in [5.74, 6) is 0.238. The summed E-state index contributed by atoms with van der Waals surface area (Å²) in [6.07, 6.45) is 2.44. The summed E-state index contributed by atoms with van der Waals surface area (Å²) in [6.45, 7) is 3.72. The fourth-order valence-corrected chi connectivity index (χ4v) is 3.52. The van der Waals surface area contributed by atoms with E-state index in [0.717, 1.165) is 31.4 Å². The molecule has 1 atom stereocenters. The predicted molar refractivity (Wildman–Crippen MR) is 99.5 cm³/mol. The van der Waals surface area contributed by atoms with Crippen LogP contribution < -0.4 is 10.2 Å². The fraction of sp³-hybridized carbons (Fsp3) is 0.444. The maximum Gasteiger partial charge on any atom is 0.298 e. The monoisotopic (exact) mass is 389 g/mol. The van der Waals surface area contributed by atoms with Crippen molar-refractivity contribution >= 4 is 34.6 Å². The van der Waals surface area contributed by atoms with Crippen molar-refractivity contribution in [2.75, 3.05) is 18.0 Å². The van der Waals surface area contributed by atoms with Crippen LogP contribution in [-0.2, 0) is 11.3 Å². The minimum Gasteiger partial charge on any atom is -0.423 e. The molecule has 0 spiro atoms. The maximum absolute atomic E-state index is 12.3. The molecule has 1 aliphatic rings. The number of carbonyl (C=O) groups excluding carboxylic acids is 1. The van der Waals surface area contributed by atoms with Gasteiger partial charge in [0, 0.05) is 30.6 Å². The number of aryl methyl sites for hydroxylation is 1. The summed E-state index contributed by atoms with van der Waals surface area (Å²) in [5, 5.41) is 11.0. The predicted octanol–water partition coefficient (Wildman–Crippen LogP) is 3.10. The van der Waals surface area contributed by atoms with Crippen molar-refractivity contribution in [3.05, 3.63) is 34.6 Å². The zero-order valence-corrected chi connectivity index (χ0v) is 15.7. The van der Waals surface area contributed by atoms with Gasteiger partial charge in [-0.15, -0.1) is 0 Å². The van der Waals surface area contributed by atoms with E-state index in [9.17, 15) is 4.79 Å². The molecule has 1 unspecified atom stereocenters.